The fraction of sp³-hybridized carbons (Fsp3) is 0.280. The van der Waals surface area contributed by atoms with Gasteiger partial charge in [0.2, 0.25) is 6.79 Å². The van der Waals surface area contributed by atoms with Crippen molar-refractivity contribution in [2.75, 3.05) is 44.4 Å². The number of halogens is 1. The van der Waals surface area contributed by atoms with Crippen molar-refractivity contribution in [3.05, 3.63) is 83.9 Å². The largest absolute Gasteiger partial charge is 0.454 e. The summed E-state index contributed by atoms with van der Waals surface area (Å²) >= 11 is 0. The number of carbonyl (C=O) groups excluding carboxylic acids is 1. The third kappa shape index (κ3) is 4.75. The molecule has 1 N–H and O–H groups in total. The third-order valence-electron chi connectivity index (χ3n) is 6.11. The smallest absolute Gasteiger partial charge is 0.251 e. The molecular weight excluding hydrogens is 423 g/mol. The summed E-state index contributed by atoms with van der Waals surface area (Å²) in [4.78, 5) is 21.7. The number of aromatic nitrogens is 1. The van der Waals surface area contributed by atoms with Gasteiger partial charge in [0.1, 0.15) is 5.82 Å². The Labute approximate surface area is 191 Å². The van der Waals surface area contributed by atoms with E-state index in [1.54, 1.807) is 24.4 Å². The summed E-state index contributed by atoms with van der Waals surface area (Å²) in [6.07, 6.45) is 3.60. The van der Waals surface area contributed by atoms with Crippen LogP contribution in [-0.2, 0) is 0 Å². The lowest BCUT2D eigenvalue weighted by atomic mass is 10.1. The Hall–Kier alpha value is -3.65. The first-order valence-corrected chi connectivity index (χ1v) is 11.0. The van der Waals surface area contributed by atoms with E-state index in [0.29, 0.717) is 23.6 Å². The van der Waals surface area contributed by atoms with Gasteiger partial charge in [0.15, 0.2) is 11.5 Å². The summed E-state index contributed by atoms with van der Waals surface area (Å²) in [7, 11) is 0. The van der Waals surface area contributed by atoms with Crippen LogP contribution in [0.4, 0.5) is 10.1 Å². The van der Waals surface area contributed by atoms with Gasteiger partial charge in [-0.2, -0.15) is 0 Å². The van der Waals surface area contributed by atoms with Gasteiger partial charge < -0.3 is 19.7 Å². The number of rotatable bonds is 6. The maximum Gasteiger partial charge on any atom is 0.251 e. The minimum Gasteiger partial charge on any atom is -0.454 e. The average Bonchev–Trinajstić information content (AvgIpc) is 3.34. The number of hydrogen-bond donors (Lipinski definition) is 1. The second-order valence-corrected chi connectivity index (χ2v) is 8.08. The van der Waals surface area contributed by atoms with Crippen LogP contribution in [0, 0.1) is 5.82 Å². The number of fused-ring (bicyclic) bond motifs is 1. The number of carbonyl (C=O) groups is 1. The highest BCUT2D eigenvalue weighted by Crippen LogP contribution is 2.32. The summed E-state index contributed by atoms with van der Waals surface area (Å²) in [6, 6.07) is 15.8. The minimum absolute atomic E-state index is 0.00738. The van der Waals surface area contributed by atoms with E-state index in [2.05, 4.69) is 20.1 Å². The summed E-state index contributed by atoms with van der Waals surface area (Å²) < 4.78 is 24.0. The van der Waals surface area contributed by atoms with E-state index in [9.17, 15) is 9.18 Å². The van der Waals surface area contributed by atoms with E-state index >= 15 is 0 Å². The highest BCUT2D eigenvalue weighted by atomic mass is 19.1. The van der Waals surface area contributed by atoms with Crippen LogP contribution >= 0.6 is 0 Å². The fourth-order valence-corrected chi connectivity index (χ4v) is 4.30. The van der Waals surface area contributed by atoms with Gasteiger partial charge in [0, 0.05) is 56.4 Å². The molecule has 2 aliphatic heterocycles. The molecule has 1 saturated heterocycles. The van der Waals surface area contributed by atoms with Crippen molar-refractivity contribution < 1.29 is 18.7 Å². The van der Waals surface area contributed by atoms with E-state index in [1.165, 1.54) is 12.1 Å². The van der Waals surface area contributed by atoms with Crippen molar-refractivity contribution in [2.45, 2.75) is 6.04 Å². The van der Waals surface area contributed by atoms with E-state index in [4.69, 9.17) is 9.47 Å². The summed E-state index contributed by atoms with van der Waals surface area (Å²) in [5.41, 5.74) is 2.61. The topological polar surface area (TPSA) is 66.9 Å². The highest BCUT2D eigenvalue weighted by molar-refractivity contribution is 5.95. The maximum absolute atomic E-state index is 13.3. The summed E-state index contributed by atoms with van der Waals surface area (Å²) in [5.74, 6) is 0.849. The minimum atomic E-state index is -0.229. The zero-order valence-electron chi connectivity index (χ0n) is 18.1. The second-order valence-electron chi connectivity index (χ2n) is 8.08. The Balaban J connectivity index is 1.26. The second kappa shape index (κ2) is 9.46. The molecule has 2 aliphatic rings. The molecule has 0 aliphatic carbocycles. The van der Waals surface area contributed by atoms with Crippen molar-refractivity contribution in [1.29, 1.82) is 0 Å². The van der Waals surface area contributed by atoms with Crippen LogP contribution in [0.15, 0.2) is 67.0 Å². The molecule has 170 valence electrons. The molecule has 1 fully saturated rings. The zero-order chi connectivity index (χ0) is 22.6. The molecule has 33 heavy (non-hydrogen) atoms. The predicted molar refractivity (Wildman–Crippen MR) is 122 cm³/mol. The molecule has 5 rings (SSSR count). The molecule has 2 aromatic carbocycles. The lowest BCUT2D eigenvalue weighted by molar-refractivity contribution is 0.0929. The molecule has 0 unspecified atom stereocenters. The Morgan fingerprint density at radius 1 is 1.03 bits per heavy atom. The molecule has 0 spiro atoms. The van der Waals surface area contributed by atoms with Crippen LogP contribution < -0.4 is 19.7 Å². The van der Waals surface area contributed by atoms with Crippen LogP contribution in [0.2, 0.25) is 0 Å². The lowest BCUT2D eigenvalue weighted by Crippen LogP contribution is -2.50. The van der Waals surface area contributed by atoms with Crippen molar-refractivity contribution in [1.82, 2.24) is 15.2 Å². The number of hydrogen-bond acceptors (Lipinski definition) is 6. The molecule has 1 atom stereocenters. The lowest BCUT2D eigenvalue weighted by Gasteiger charge is -2.40. The van der Waals surface area contributed by atoms with Crippen LogP contribution in [-0.4, -0.2) is 55.3 Å². The van der Waals surface area contributed by atoms with Crippen molar-refractivity contribution >= 4 is 11.6 Å². The van der Waals surface area contributed by atoms with Gasteiger partial charge in [0.25, 0.3) is 5.91 Å². The highest BCUT2D eigenvalue weighted by Gasteiger charge is 2.26. The monoisotopic (exact) mass is 448 g/mol. The first-order valence-electron chi connectivity index (χ1n) is 11.0. The fourth-order valence-electron chi connectivity index (χ4n) is 4.30. The number of nitrogens with zero attached hydrogens (tertiary/aromatic N) is 3. The standard InChI is InChI=1S/C25H25FN4O3/c26-20-4-6-21(7-5-20)29-10-12-30(13-11-29)22(19-2-1-9-27-15-19)16-28-25(31)18-3-8-23-24(14-18)33-17-32-23/h1-9,14-15,22H,10-13,16-17H2,(H,28,31)/t22-/m0/s1. The first-order chi connectivity index (χ1) is 16.2. The van der Waals surface area contributed by atoms with E-state index in [-0.39, 0.29) is 24.6 Å². The molecule has 1 aromatic heterocycles. The molecule has 0 bridgehead atoms. The van der Waals surface area contributed by atoms with Gasteiger partial charge in [0.05, 0.1) is 6.04 Å². The van der Waals surface area contributed by atoms with Crippen LogP contribution in [0.5, 0.6) is 11.5 Å². The summed E-state index contributed by atoms with van der Waals surface area (Å²) in [5, 5.41) is 3.08. The molecule has 3 aromatic rings. The number of ether oxygens (including phenoxy) is 2. The Morgan fingerprint density at radius 3 is 2.58 bits per heavy atom. The van der Waals surface area contributed by atoms with Crippen molar-refractivity contribution in [3.63, 3.8) is 0 Å². The summed E-state index contributed by atoms with van der Waals surface area (Å²) in [6.45, 7) is 3.90. The molecule has 0 saturated carbocycles. The van der Waals surface area contributed by atoms with Gasteiger partial charge in [-0.25, -0.2) is 4.39 Å². The molecule has 7 nitrogen and oxygen atoms in total. The third-order valence-corrected chi connectivity index (χ3v) is 6.11. The van der Waals surface area contributed by atoms with Gasteiger partial charge in [-0.1, -0.05) is 6.07 Å². The first kappa shape index (κ1) is 21.2. The van der Waals surface area contributed by atoms with Gasteiger partial charge in [-0.15, -0.1) is 0 Å². The number of benzene rings is 2. The molecule has 0 radical (unpaired) electrons. The predicted octanol–water partition coefficient (Wildman–Crippen LogP) is 3.24. The number of pyridine rings is 1. The quantitative estimate of drug-likeness (QED) is 0.625. The van der Waals surface area contributed by atoms with Gasteiger partial charge >= 0.3 is 0 Å². The Bertz CT molecular complexity index is 1100. The van der Waals surface area contributed by atoms with Gasteiger partial charge in [-0.3, -0.25) is 14.7 Å². The number of nitrogens with one attached hydrogen (secondary N) is 1. The van der Waals surface area contributed by atoms with Crippen molar-refractivity contribution in [3.8, 4) is 11.5 Å². The van der Waals surface area contributed by atoms with Crippen LogP contribution in [0.3, 0.4) is 0 Å². The van der Waals surface area contributed by atoms with E-state index in [1.807, 2.05) is 30.5 Å². The van der Waals surface area contributed by atoms with Crippen LogP contribution in [0.25, 0.3) is 0 Å². The molecular formula is C25H25FN4O3. The van der Waals surface area contributed by atoms with E-state index in [0.717, 1.165) is 37.4 Å². The molecule has 8 heteroatoms. The molecule has 3 heterocycles. The van der Waals surface area contributed by atoms with Gasteiger partial charge in [-0.05, 0) is 54.1 Å². The number of anilines is 1. The van der Waals surface area contributed by atoms with Crippen molar-refractivity contribution in [2.24, 2.45) is 0 Å². The van der Waals surface area contributed by atoms with Crippen LogP contribution in [0.1, 0.15) is 22.0 Å². The number of amides is 1. The Morgan fingerprint density at radius 2 is 1.82 bits per heavy atom. The zero-order valence-corrected chi connectivity index (χ0v) is 18.1. The average molecular weight is 448 g/mol. The molecule has 1 amide bonds. The maximum atomic E-state index is 13.3. The normalized spacial score (nSPS) is 16.5. The Kier molecular flexibility index (Phi) is 6.08. The number of piperazine rings is 1. The van der Waals surface area contributed by atoms with E-state index < -0.39 is 0 Å². The SMILES string of the molecule is O=C(NC[C@@H](c1cccnc1)N1CCN(c2ccc(F)cc2)CC1)c1ccc2c(c1)OCO2.